The molecular weight excluding hydrogens is 405 g/mol. The molecule has 0 aliphatic rings. The first-order chi connectivity index (χ1) is 14.4. The Bertz CT molecular complexity index is 1260. The maximum Gasteiger partial charge on any atom is 0.200 e. The smallest absolute Gasteiger partial charge is 0.200 e. The van der Waals surface area contributed by atoms with Gasteiger partial charge in [-0.3, -0.25) is 4.79 Å². The molecule has 0 unspecified atom stereocenters. The lowest BCUT2D eigenvalue weighted by Gasteiger charge is -2.07. The number of aryl methyl sites for hydroxylation is 1. The molecule has 0 radical (unpaired) electrons. The van der Waals surface area contributed by atoms with Crippen LogP contribution in [-0.2, 0) is 0 Å². The van der Waals surface area contributed by atoms with Crippen molar-refractivity contribution in [2.75, 3.05) is 5.32 Å². The normalized spacial score (nSPS) is 10.8. The quantitative estimate of drug-likeness (QED) is 0.370. The molecular formula is C23H17ClFN3O2. The first kappa shape index (κ1) is 19.7. The number of benzene rings is 2. The molecule has 0 fully saturated rings. The summed E-state index contributed by atoms with van der Waals surface area (Å²) in [6, 6.07) is 14.8. The Morgan fingerprint density at radius 2 is 2.00 bits per heavy atom. The molecule has 0 saturated heterocycles. The van der Waals surface area contributed by atoms with Gasteiger partial charge in [0.1, 0.15) is 17.3 Å². The number of carbonyl (C=O) groups is 1. The molecule has 0 amide bonds. The standard InChI is InChI=1S/C23H17ClFN3O2/c1-13(27-17-7-5-6-16(25)11-17)20-10-15(12-26-20)23(29)21-14(2)30-28-22(21)18-8-3-4-9-19(18)24/h3-12,26-27H,1H2,2H3. The fourth-order valence-electron chi connectivity index (χ4n) is 3.13. The van der Waals surface area contributed by atoms with Gasteiger partial charge in [0.15, 0.2) is 5.78 Å². The predicted octanol–water partition coefficient (Wildman–Crippen LogP) is 6.08. The molecule has 0 saturated carbocycles. The maximum absolute atomic E-state index is 13.4. The third-order valence-electron chi connectivity index (χ3n) is 4.61. The number of hydrogen-bond acceptors (Lipinski definition) is 4. The molecule has 4 rings (SSSR count). The number of hydrogen-bond donors (Lipinski definition) is 2. The van der Waals surface area contributed by atoms with E-state index in [-0.39, 0.29) is 11.6 Å². The van der Waals surface area contributed by atoms with Gasteiger partial charge in [-0.2, -0.15) is 0 Å². The number of H-pyrrole nitrogens is 1. The Morgan fingerprint density at radius 3 is 2.77 bits per heavy atom. The first-order valence-electron chi connectivity index (χ1n) is 9.10. The predicted molar refractivity (Wildman–Crippen MR) is 115 cm³/mol. The van der Waals surface area contributed by atoms with Gasteiger partial charge in [0.2, 0.25) is 0 Å². The summed E-state index contributed by atoms with van der Waals surface area (Å²) in [4.78, 5) is 16.2. The Kier molecular flexibility index (Phi) is 5.25. The molecule has 7 heteroatoms. The van der Waals surface area contributed by atoms with Gasteiger partial charge in [-0.15, -0.1) is 0 Å². The maximum atomic E-state index is 13.4. The van der Waals surface area contributed by atoms with Crippen molar-refractivity contribution in [3.8, 4) is 11.3 Å². The number of carbonyl (C=O) groups excluding carboxylic acids is 1. The molecule has 0 aliphatic heterocycles. The number of halogens is 2. The average molecular weight is 422 g/mol. The molecule has 2 aromatic heterocycles. The van der Waals surface area contributed by atoms with Crippen LogP contribution in [0.2, 0.25) is 5.02 Å². The topological polar surface area (TPSA) is 70.9 Å². The summed E-state index contributed by atoms with van der Waals surface area (Å²) in [5, 5.41) is 7.53. The lowest BCUT2D eigenvalue weighted by molar-refractivity contribution is 0.103. The number of nitrogens with zero attached hydrogens (tertiary/aromatic N) is 1. The van der Waals surface area contributed by atoms with E-state index in [9.17, 15) is 9.18 Å². The number of anilines is 1. The zero-order valence-electron chi connectivity index (χ0n) is 16.0. The Morgan fingerprint density at radius 1 is 1.20 bits per heavy atom. The van der Waals surface area contributed by atoms with Gasteiger partial charge in [-0.05, 0) is 37.3 Å². The van der Waals surface area contributed by atoms with Crippen LogP contribution in [0.25, 0.3) is 17.0 Å². The second-order valence-electron chi connectivity index (χ2n) is 6.69. The fraction of sp³-hybridized carbons (Fsp3) is 0.0435. The van der Waals surface area contributed by atoms with Gasteiger partial charge in [-0.1, -0.05) is 47.6 Å². The van der Waals surface area contributed by atoms with E-state index in [2.05, 4.69) is 22.0 Å². The molecule has 150 valence electrons. The SMILES string of the molecule is C=C(Nc1cccc(F)c1)c1cc(C(=O)c2c(-c3ccccc3Cl)noc2C)c[nH]1. The highest BCUT2D eigenvalue weighted by Crippen LogP contribution is 2.32. The third-order valence-corrected chi connectivity index (χ3v) is 4.94. The van der Waals surface area contributed by atoms with Gasteiger partial charge < -0.3 is 14.8 Å². The van der Waals surface area contributed by atoms with E-state index in [4.69, 9.17) is 16.1 Å². The van der Waals surface area contributed by atoms with Crippen molar-refractivity contribution in [1.82, 2.24) is 10.1 Å². The average Bonchev–Trinajstić information content (AvgIpc) is 3.35. The number of aromatic amines is 1. The van der Waals surface area contributed by atoms with Gasteiger partial charge in [0.05, 0.1) is 22.0 Å². The summed E-state index contributed by atoms with van der Waals surface area (Å²) >= 11 is 6.28. The van der Waals surface area contributed by atoms with Crippen LogP contribution in [-0.4, -0.2) is 15.9 Å². The summed E-state index contributed by atoms with van der Waals surface area (Å²) in [5.74, 6) is -0.218. The number of rotatable bonds is 6. The second kappa shape index (κ2) is 8.00. The number of aromatic nitrogens is 2. The molecule has 0 aliphatic carbocycles. The second-order valence-corrected chi connectivity index (χ2v) is 7.09. The van der Waals surface area contributed by atoms with Gasteiger partial charge >= 0.3 is 0 Å². The van der Waals surface area contributed by atoms with Crippen molar-refractivity contribution in [3.05, 3.63) is 101 Å². The minimum atomic E-state index is -0.356. The van der Waals surface area contributed by atoms with Crippen LogP contribution in [0.3, 0.4) is 0 Å². The summed E-state index contributed by atoms with van der Waals surface area (Å²) in [5.41, 5.74) is 3.40. The Balaban J connectivity index is 1.62. The molecule has 4 aromatic rings. The Hall–Kier alpha value is -3.64. The van der Waals surface area contributed by atoms with E-state index in [1.165, 1.54) is 12.1 Å². The molecule has 5 nitrogen and oxygen atoms in total. The number of ketones is 1. The monoisotopic (exact) mass is 421 g/mol. The lowest BCUT2D eigenvalue weighted by atomic mass is 9.99. The van der Waals surface area contributed by atoms with E-state index in [0.717, 1.165) is 0 Å². The largest absolute Gasteiger partial charge is 0.360 e. The fourth-order valence-corrected chi connectivity index (χ4v) is 3.35. The van der Waals surface area contributed by atoms with Crippen LogP contribution in [0.5, 0.6) is 0 Å². The zero-order valence-corrected chi connectivity index (χ0v) is 16.8. The van der Waals surface area contributed by atoms with Crippen molar-refractivity contribution < 1.29 is 13.7 Å². The minimum Gasteiger partial charge on any atom is -0.360 e. The van der Waals surface area contributed by atoms with Crippen molar-refractivity contribution in [2.45, 2.75) is 6.92 Å². The van der Waals surface area contributed by atoms with Crippen LogP contribution < -0.4 is 5.32 Å². The summed E-state index contributed by atoms with van der Waals surface area (Å²) in [6.45, 7) is 5.63. The van der Waals surface area contributed by atoms with Gasteiger partial charge in [0, 0.05) is 23.0 Å². The van der Waals surface area contributed by atoms with Crippen LogP contribution in [0.4, 0.5) is 10.1 Å². The van der Waals surface area contributed by atoms with Crippen molar-refractivity contribution in [3.63, 3.8) is 0 Å². The number of nitrogens with one attached hydrogen (secondary N) is 2. The molecule has 0 spiro atoms. The van der Waals surface area contributed by atoms with Crippen molar-refractivity contribution in [1.29, 1.82) is 0 Å². The van der Waals surface area contributed by atoms with Crippen LogP contribution in [0.1, 0.15) is 27.4 Å². The van der Waals surface area contributed by atoms with E-state index in [1.807, 2.05) is 6.07 Å². The lowest BCUT2D eigenvalue weighted by Crippen LogP contribution is -2.03. The minimum absolute atomic E-state index is 0.260. The summed E-state index contributed by atoms with van der Waals surface area (Å²) in [7, 11) is 0. The molecule has 0 bridgehead atoms. The van der Waals surface area contributed by atoms with E-state index >= 15 is 0 Å². The Labute approximate surface area is 177 Å². The zero-order chi connectivity index (χ0) is 21.3. The van der Waals surface area contributed by atoms with Crippen molar-refractivity contribution in [2.24, 2.45) is 0 Å². The molecule has 2 heterocycles. The first-order valence-corrected chi connectivity index (χ1v) is 9.48. The van der Waals surface area contributed by atoms with Crippen LogP contribution in [0, 0.1) is 12.7 Å². The van der Waals surface area contributed by atoms with Gasteiger partial charge in [-0.25, -0.2) is 4.39 Å². The summed E-state index contributed by atoms with van der Waals surface area (Å²) in [6.07, 6.45) is 1.58. The molecule has 30 heavy (non-hydrogen) atoms. The highest BCUT2D eigenvalue weighted by Gasteiger charge is 2.25. The van der Waals surface area contributed by atoms with Crippen LogP contribution in [0.15, 0.2) is 71.9 Å². The highest BCUT2D eigenvalue weighted by molar-refractivity contribution is 6.33. The van der Waals surface area contributed by atoms with E-state index in [0.29, 0.717) is 50.2 Å². The highest BCUT2D eigenvalue weighted by atomic mass is 35.5. The van der Waals surface area contributed by atoms with E-state index < -0.39 is 0 Å². The molecule has 2 aromatic carbocycles. The molecule has 0 atom stereocenters. The third kappa shape index (κ3) is 3.77. The molecule has 2 N–H and O–H groups in total. The van der Waals surface area contributed by atoms with Gasteiger partial charge in [0.25, 0.3) is 0 Å². The van der Waals surface area contributed by atoms with Crippen molar-refractivity contribution >= 4 is 28.8 Å². The summed E-state index contributed by atoms with van der Waals surface area (Å²) < 4.78 is 18.7. The van der Waals surface area contributed by atoms with Crippen LogP contribution >= 0.6 is 11.6 Å². The van der Waals surface area contributed by atoms with E-state index in [1.54, 1.807) is 49.5 Å².